The highest BCUT2D eigenvalue weighted by Gasteiger charge is 2.34. The van der Waals surface area contributed by atoms with E-state index in [0.717, 1.165) is 12.1 Å². The van der Waals surface area contributed by atoms with Gasteiger partial charge in [-0.25, -0.2) is 8.78 Å². The third kappa shape index (κ3) is 3.32. The highest BCUT2D eigenvalue weighted by Crippen LogP contribution is 2.35. The first-order chi connectivity index (χ1) is 10.9. The molecule has 0 radical (unpaired) electrons. The minimum absolute atomic E-state index is 0.230. The minimum atomic E-state index is -0.612. The van der Waals surface area contributed by atoms with Gasteiger partial charge < -0.3 is 14.5 Å². The number of hydrogen-bond donors (Lipinski definition) is 1. The van der Waals surface area contributed by atoms with Crippen LogP contribution in [-0.2, 0) is 6.54 Å². The van der Waals surface area contributed by atoms with Crippen LogP contribution in [0, 0.1) is 11.6 Å². The molecule has 1 aliphatic rings. The Morgan fingerprint density at radius 1 is 1.39 bits per heavy atom. The molecule has 1 aliphatic heterocycles. The van der Waals surface area contributed by atoms with Crippen LogP contribution >= 0.6 is 0 Å². The molecule has 1 aromatic heterocycles. The van der Waals surface area contributed by atoms with Crippen LogP contribution in [0.4, 0.5) is 14.7 Å². The van der Waals surface area contributed by atoms with E-state index in [1.54, 1.807) is 19.0 Å². The minimum Gasteiger partial charge on any atom is -0.392 e. The van der Waals surface area contributed by atoms with Gasteiger partial charge in [0.25, 0.3) is 5.95 Å². The van der Waals surface area contributed by atoms with Gasteiger partial charge in [-0.05, 0) is 29.8 Å². The van der Waals surface area contributed by atoms with E-state index >= 15 is 0 Å². The molecule has 0 unspecified atom stereocenters. The van der Waals surface area contributed by atoms with Gasteiger partial charge in [-0.3, -0.25) is 4.90 Å². The zero-order valence-electron chi connectivity index (χ0n) is 12.9. The highest BCUT2D eigenvalue weighted by molar-refractivity contribution is 5.25. The maximum absolute atomic E-state index is 14.0. The fraction of sp³-hybridized carbons (Fsp3) is 0.467. The topological polar surface area (TPSA) is 65.6 Å². The molecule has 0 amide bonds. The zero-order chi connectivity index (χ0) is 16.6. The van der Waals surface area contributed by atoms with Crippen molar-refractivity contribution in [1.82, 2.24) is 15.0 Å². The second kappa shape index (κ2) is 6.21. The van der Waals surface area contributed by atoms with Gasteiger partial charge in [0, 0.05) is 32.2 Å². The fourth-order valence-electron chi connectivity index (χ4n) is 2.81. The molecule has 0 bridgehead atoms. The van der Waals surface area contributed by atoms with Crippen LogP contribution in [0.25, 0.3) is 0 Å². The molecule has 0 aliphatic carbocycles. The van der Waals surface area contributed by atoms with Gasteiger partial charge in [0.1, 0.15) is 11.6 Å². The second-order valence-corrected chi connectivity index (χ2v) is 5.88. The van der Waals surface area contributed by atoms with E-state index in [2.05, 4.69) is 10.1 Å². The standard InChI is InChI=1S/C15H18F2N4O2/c1-20(2)15-18-14(23-19-15)8-21-7-10(22)6-13(21)11-5-9(16)3-4-12(11)17/h3-5,10,13,22H,6-8H2,1-2H3/t10-,13-/m0/s1. The van der Waals surface area contributed by atoms with Crippen molar-refractivity contribution in [2.45, 2.75) is 25.1 Å². The molecule has 1 N–H and O–H groups in total. The molecular formula is C15H18F2N4O2. The molecule has 23 heavy (non-hydrogen) atoms. The summed E-state index contributed by atoms with van der Waals surface area (Å²) in [6.45, 7) is 0.596. The molecule has 8 heteroatoms. The van der Waals surface area contributed by atoms with E-state index < -0.39 is 23.8 Å². The lowest BCUT2D eigenvalue weighted by molar-refractivity contribution is 0.164. The van der Waals surface area contributed by atoms with Gasteiger partial charge >= 0.3 is 0 Å². The number of halogens is 2. The van der Waals surface area contributed by atoms with Gasteiger partial charge in [-0.1, -0.05) is 0 Å². The molecule has 1 saturated heterocycles. The smallest absolute Gasteiger partial charge is 0.265 e. The number of β-amino-alcohol motifs (C(OH)–C–C–N with tert-alkyl or cyclic N) is 1. The fourth-order valence-corrected chi connectivity index (χ4v) is 2.81. The van der Waals surface area contributed by atoms with E-state index in [9.17, 15) is 13.9 Å². The molecule has 124 valence electrons. The quantitative estimate of drug-likeness (QED) is 0.924. The Bertz CT molecular complexity index is 692. The Hall–Kier alpha value is -2.06. The van der Waals surface area contributed by atoms with Crippen LogP contribution in [0.5, 0.6) is 0 Å². The van der Waals surface area contributed by atoms with E-state index in [4.69, 9.17) is 4.52 Å². The summed E-state index contributed by atoms with van der Waals surface area (Å²) in [5.41, 5.74) is 0.230. The predicted molar refractivity (Wildman–Crippen MR) is 78.8 cm³/mol. The second-order valence-electron chi connectivity index (χ2n) is 5.88. The number of hydrogen-bond acceptors (Lipinski definition) is 6. The first-order valence-corrected chi connectivity index (χ1v) is 7.31. The van der Waals surface area contributed by atoms with Crippen molar-refractivity contribution in [3.63, 3.8) is 0 Å². The van der Waals surface area contributed by atoms with E-state index in [-0.39, 0.29) is 12.1 Å². The number of benzene rings is 1. The average Bonchev–Trinajstić information content (AvgIpc) is 3.09. The van der Waals surface area contributed by atoms with E-state index in [1.807, 2.05) is 4.90 Å². The lowest BCUT2D eigenvalue weighted by Gasteiger charge is -2.23. The van der Waals surface area contributed by atoms with Crippen molar-refractivity contribution in [2.75, 3.05) is 25.5 Å². The molecule has 2 aromatic rings. The number of rotatable bonds is 4. The third-order valence-electron chi connectivity index (χ3n) is 3.89. The van der Waals surface area contributed by atoms with Crippen LogP contribution in [0.2, 0.25) is 0 Å². The molecule has 1 fully saturated rings. The predicted octanol–water partition coefficient (Wildman–Crippen LogP) is 1.72. The number of nitrogens with zero attached hydrogens (tertiary/aromatic N) is 4. The van der Waals surface area contributed by atoms with Crippen molar-refractivity contribution < 1.29 is 18.4 Å². The normalized spacial score (nSPS) is 21.8. The monoisotopic (exact) mass is 324 g/mol. The maximum atomic E-state index is 14.0. The van der Waals surface area contributed by atoms with Crippen molar-refractivity contribution in [3.05, 3.63) is 41.3 Å². The SMILES string of the molecule is CN(C)c1noc(CN2C[C@@H](O)C[C@H]2c2cc(F)ccc2F)n1. The van der Waals surface area contributed by atoms with Gasteiger partial charge in [0.05, 0.1) is 12.6 Å². The highest BCUT2D eigenvalue weighted by atomic mass is 19.1. The number of anilines is 1. The number of aliphatic hydroxyl groups excluding tert-OH is 1. The zero-order valence-corrected chi connectivity index (χ0v) is 12.9. The van der Waals surface area contributed by atoms with Gasteiger partial charge in [0.2, 0.25) is 5.89 Å². The largest absolute Gasteiger partial charge is 0.392 e. The molecule has 6 nitrogen and oxygen atoms in total. The van der Waals surface area contributed by atoms with Crippen LogP contribution in [0.15, 0.2) is 22.7 Å². The number of aliphatic hydroxyl groups is 1. The summed E-state index contributed by atoms with van der Waals surface area (Å²) < 4.78 is 32.7. The van der Waals surface area contributed by atoms with Crippen molar-refractivity contribution >= 4 is 5.95 Å². The van der Waals surface area contributed by atoms with Gasteiger partial charge in [-0.15, -0.1) is 0 Å². The van der Waals surface area contributed by atoms with Crippen molar-refractivity contribution in [3.8, 4) is 0 Å². The molecule has 1 aromatic carbocycles. The summed E-state index contributed by atoms with van der Waals surface area (Å²) in [7, 11) is 3.58. The summed E-state index contributed by atoms with van der Waals surface area (Å²) in [4.78, 5) is 7.74. The summed E-state index contributed by atoms with van der Waals surface area (Å²) in [5, 5.41) is 13.8. The number of likely N-dealkylation sites (tertiary alicyclic amines) is 1. The first-order valence-electron chi connectivity index (χ1n) is 7.31. The Morgan fingerprint density at radius 2 is 2.17 bits per heavy atom. The molecule has 2 atom stereocenters. The van der Waals surface area contributed by atoms with Gasteiger partial charge in [0.15, 0.2) is 0 Å². The van der Waals surface area contributed by atoms with Crippen molar-refractivity contribution in [1.29, 1.82) is 0 Å². The molecule has 2 heterocycles. The lowest BCUT2D eigenvalue weighted by Crippen LogP contribution is -2.25. The summed E-state index contributed by atoms with van der Waals surface area (Å²) in [6.07, 6.45) is -0.284. The van der Waals surface area contributed by atoms with Crippen LogP contribution < -0.4 is 4.90 Å². The molecule has 0 saturated carbocycles. The Morgan fingerprint density at radius 3 is 2.87 bits per heavy atom. The summed E-state index contributed by atoms with van der Waals surface area (Å²) >= 11 is 0. The number of aromatic nitrogens is 2. The summed E-state index contributed by atoms with van der Waals surface area (Å²) in [5.74, 6) is -0.191. The molecular weight excluding hydrogens is 306 g/mol. The van der Waals surface area contributed by atoms with Crippen molar-refractivity contribution in [2.24, 2.45) is 0 Å². The van der Waals surface area contributed by atoms with Gasteiger partial charge in [-0.2, -0.15) is 4.98 Å². The Labute approximate surface area is 132 Å². The molecule has 3 rings (SSSR count). The average molecular weight is 324 g/mol. The van der Waals surface area contributed by atoms with E-state index in [0.29, 0.717) is 24.8 Å². The molecule has 0 spiro atoms. The summed E-state index contributed by atoms with van der Waals surface area (Å²) in [6, 6.07) is 2.92. The van der Waals surface area contributed by atoms with Crippen LogP contribution in [0.1, 0.15) is 23.9 Å². The Kier molecular flexibility index (Phi) is 4.27. The van der Waals surface area contributed by atoms with E-state index in [1.165, 1.54) is 6.07 Å². The van der Waals surface area contributed by atoms with Crippen LogP contribution in [0.3, 0.4) is 0 Å². The van der Waals surface area contributed by atoms with Crippen LogP contribution in [-0.4, -0.2) is 46.9 Å². The Balaban J connectivity index is 1.83. The third-order valence-corrected chi connectivity index (χ3v) is 3.89. The first kappa shape index (κ1) is 15.8. The lowest BCUT2D eigenvalue weighted by atomic mass is 10.0. The maximum Gasteiger partial charge on any atom is 0.265 e.